The lowest BCUT2D eigenvalue weighted by molar-refractivity contribution is -0.127. The maximum Gasteiger partial charge on any atom is 0.243 e. The summed E-state index contributed by atoms with van der Waals surface area (Å²) in [6.07, 6.45) is 13.7. The molecule has 37 heavy (non-hydrogen) atoms. The molecule has 1 aromatic carbocycles. The van der Waals surface area contributed by atoms with Gasteiger partial charge in [0.1, 0.15) is 18.0 Å². The average Bonchev–Trinajstić information content (AvgIpc) is 3.40. The summed E-state index contributed by atoms with van der Waals surface area (Å²) in [6, 6.07) is 6.97. The molecular weight excluding hydrogens is 474 g/mol. The Morgan fingerprint density at radius 1 is 0.946 bits per heavy atom. The van der Waals surface area contributed by atoms with Crippen molar-refractivity contribution < 1.29 is 18.7 Å². The van der Waals surface area contributed by atoms with E-state index in [1.54, 1.807) is 29.0 Å². The standard InChI is InChI=1S/C29H34F2N4O2/c30-22-15-14-21(27(36)23-13-7-8-16-32-23)24(25(22)31)28-33-17-18-35(28)26(19-9-3-1-4-10-19)29(37)34-20-11-5-2-6-12-20/h7-8,13-20,26-27,36H,1-6,9-12H2,(H,34,37). The van der Waals surface area contributed by atoms with Crippen molar-refractivity contribution >= 4 is 5.91 Å². The third-order valence-corrected chi connectivity index (χ3v) is 7.90. The first-order valence-corrected chi connectivity index (χ1v) is 13.4. The van der Waals surface area contributed by atoms with Crippen molar-refractivity contribution in [1.82, 2.24) is 19.9 Å². The fraction of sp³-hybridized carbons (Fsp3) is 0.483. The van der Waals surface area contributed by atoms with E-state index in [2.05, 4.69) is 15.3 Å². The van der Waals surface area contributed by atoms with Gasteiger partial charge in [0.05, 0.1) is 11.3 Å². The number of hydrogen-bond acceptors (Lipinski definition) is 4. The highest BCUT2D eigenvalue weighted by molar-refractivity contribution is 5.82. The molecule has 0 aliphatic heterocycles. The molecule has 8 heteroatoms. The monoisotopic (exact) mass is 508 g/mol. The lowest BCUT2D eigenvalue weighted by Gasteiger charge is -2.33. The zero-order valence-corrected chi connectivity index (χ0v) is 21.0. The van der Waals surface area contributed by atoms with Gasteiger partial charge in [-0.1, -0.05) is 50.7 Å². The van der Waals surface area contributed by atoms with E-state index in [9.17, 15) is 14.3 Å². The summed E-state index contributed by atoms with van der Waals surface area (Å²) in [6.45, 7) is 0. The molecule has 6 nitrogen and oxygen atoms in total. The van der Waals surface area contributed by atoms with Crippen LogP contribution >= 0.6 is 0 Å². The summed E-state index contributed by atoms with van der Waals surface area (Å²) in [5.41, 5.74) is 0.321. The summed E-state index contributed by atoms with van der Waals surface area (Å²) in [4.78, 5) is 22.4. The Kier molecular flexibility index (Phi) is 7.93. The third-order valence-electron chi connectivity index (χ3n) is 7.90. The smallest absolute Gasteiger partial charge is 0.243 e. The van der Waals surface area contributed by atoms with Crippen LogP contribution in [0.2, 0.25) is 0 Å². The van der Waals surface area contributed by atoms with Crippen LogP contribution in [0, 0.1) is 17.6 Å². The largest absolute Gasteiger partial charge is 0.382 e. The van der Waals surface area contributed by atoms with E-state index in [0.717, 1.165) is 63.9 Å². The van der Waals surface area contributed by atoms with Gasteiger partial charge >= 0.3 is 0 Å². The average molecular weight is 509 g/mol. The Bertz CT molecular complexity index is 1200. The van der Waals surface area contributed by atoms with Crippen LogP contribution < -0.4 is 5.32 Å². The third kappa shape index (κ3) is 5.44. The van der Waals surface area contributed by atoms with Crippen molar-refractivity contribution in [2.45, 2.75) is 82.4 Å². The molecule has 1 amide bonds. The molecule has 0 saturated heterocycles. The fourth-order valence-electron chi connectivity index (χ4n) is 6.00. The number of carbonyl (C=O) groups is 1. The van der Waals surface area contributed by atoms with Crippen LogP contribution in [-0.4, -0.2) is 31.6 Å². The summed E-state index contributed by atoms with van der Waals surface area (Å²) < 4.78 is 31.8. The number of rotatable bonds is 7. The van der Waals surface area contributed by atoms with E-state index in [-0.39, 0.29) is 34.8 Å². The van der Waals surface area contributed by atoms with E-state index in [1.165, 1.54) is 24.9 Å². The quantitative estimate of drug-likeness (QED) is 0.418. The molecular formula is C29H34F2N4O2. The summed E-state index contributed by atoms with van der Waals surface area (Å²) in [7, 11) is 0. The van der Waals surface area contributed by atoms with Crippen molar-refractivity contribution in [2.24, 2.45) is 5.92 Å². The number of aliphatic hydroxyl groups is 1. The minimum absolute atomic E-state index is 0.0612. The summed E-state index contributed by atoms with van der Waals surface area (Å²) in [5, 5.41) is 14.4. The van der Waals surface area contributed by atoms with Crippen molar-refractivity contribution in [3.63, 3.8) is 0 Å². The topological polar surface area (TPSA) is 80.0 Å². The number of aliphatic hydroxyl groups excluding tert-OH is 1. The fourth-order valence-corrected chi connectivity index (χ4v) is 6.00. The number of benzene rings is 1. The maximum atomic E-state index is 15.5. The lowest BCUT2D eigenvalue weighted by atomic mass is 9.82. The van der Waals surface area contributed by atoms with Gasteiger partial charge in [-0.3, -0.25) is 9.78 Å². The van der Waals surface area contributed by atoms with Gasteiger partial charge in [-0.25, -0.2) is 13.8 Å². The van der Waals surface area contributed by atoms with Crippen LogP contribution in [0.5, 0.6) is 0 Å². The first-order valence-electron chi connectivity index (χ1n) is 13.4. The Labute approximate surface area is 216 Å². The van der Waals surface area contributed by atoms with Crippen LogP contribution in [0.15, 0.2) is 48.9 Å². The molecule has 2 aromatic heterocycles. The number of halogens is 2. The minimum atomic E-state index is -1.29. The van der Waals surface area contributed by atoms with E-state index in [1.807, 2.05) is 0 Å². The number of pyridine rings is 1. The van der Waals surface area contributed by atoms with Crippen LogP contribution in [0.3, 0.4) is 0 Å². The minimum Gasteiger partial charge on any atom is -0.382 e. The number of nitrogens with zero attached hydrogens (tertiary/aromatic N) is 3. The van der Waals surface area contributed by atoms with E-state index < -0.39 is 23.8 Å². The Morgan fingerprint density at radius 3 is 2.38 bits per heavy atom. The van der Waals surface area contributed by atoms with Gasteiger partial charge in [0, 0.05) is 30.2 Å². The molecule has 196 valence electrons. The first kappa shape index (κ1) is 25.5. The molecule has 3 aromatic rings. The highest BCUT2D eigenvalue weighted by atomic mass is 19.2. The maximum absolute atomic E-state index is 15.5. The highest BCUT2D eigenvalue weighted by Crippen LogP contribution is 2.39. The summed E-state index contributed by atoms with van der Waals surface area (Å²) >= 11 is 0. The van der Waals surface area contributed by atoms with Crippen molar-refractivity contribution in [2.75, 3.05) is 0 Å². The lowest BCUT2D eigenvalue weighted by Crippen LogP contribution is -2.43. The van der Waals surface area contributed by atoms with Gasteiger partial charge in [-0.2, -0.15) is 0 Å². The van der Waals surface area contributed by atoms with Crippen molar-refractivity contribution in [3.05, 3.63) is 71.8 Å². The van der Waals surface area contributed by atoms with Gasteiger partial charge < -0.3 is 15.0 Å². The second-order valence-electron chi connectivity index (χ2n) is 10.3. The number of imidazole rings is 1. The normalized spacial score (nSPS) is 18.9. The molecule has 0 spiro atoms. The number of hydrogen-bond donors (Lipinski definition) is 2. The van der Waals surface area contributed by atoms with E-state index in [0.29, 0.717) is 5.69 Å². The van der Waals surface area contributed by atoms with Gasteiger partial charge in [0.15, 0.2) is 11.6 Å². The first-order chi connectivity index (χ1) is 18.0. The molecule has 0 radical (unpaired) electrons. The van der Waals surface area contributed by atoms with E-state index in [4.69, 9.17) is 0 Å². The van der Waals surface area contributed by atoms with Gasteiger partial charge in [0.25, 0.3) is 0 Å². The van der Waals surface area contributed by atoms with Gasteiger partial charge in [0.2, 0.25) is 5.91 Å². The number of amides is 1. The Balaban J connectivity index is 1.57. The second-order valence-corrected chi connectivity index (χ2v) is 10.3. The number of nitrogens with one attached hydrogen (secondary N) is 1. The second kappa shape index (κ2) is 11.5. The predicted molar refractivity (Wildman–Crippen MR) is 137 cm³/mol. The van der Waals surface area contributed by atoms with Crippen LogP contribution in [0.1, 0.15) is 87.6 Å². The molecule has 2 saturated carbocycles. The number of carbonyl (C=O) groups excluding carboxylic acids is 1. The van der Waals surface area contributed by atoms with Crippen LogP contribution in [-0.2, 0) is 4.79 Å². The van der Waals surface area contributed by atoms with Crippen LogP contribution in [0.4, 0.5) is 8.78 Å². The van der Waals surface area contributed by atoms with Gasteiger partial charge in [-0.05, 0) is 49.8 Å². The molecule has 2 unspecified atom stereocenters. The molecule has 2 aliphatic rings. The Hall–Kier alpha value is -3.13. The zero-order valence-electron chi connectivity index (χ0n) is 21.0. The highest BCUT2D eigenvalue weighted by Gasteiger charge is 2.35. The summed E-state index contributed by atoms with van der Waals surface area (Å²) in [5.74, 6) is -2.04. The van der Waals surface area contributed by atoms with E-state index >= 15 is 4.39 Å². The zero-order chi connectivity index (χ0) is 25.8. The molecule has 0 bridgehead atoms. The predicted octanol–water partition coefficient (Wildman–Crippen LogP) is 5.88. The molecule has 2 atom stereocenters. The number of aromatic nitrogens is 3. The van der Waals surface area contributed by atoms with Crippen molar-refractivity contribution in [3.8, 4) is 11.4 Å². The SMILES string of the molecule is O=C(NC1CCCCC1)C(C1CCCCC1)n1ccnc1-c1c(C(O)c2ccccn2)ccc(F)c1F. The van der Waals surface area contributed by atoms with Crippen LogP contribution in [0.25, 0.3) is 11.4 Å². The molecule has 2 aliphatic carbocycles. The Morgan fingerprint density at radius 2 is 1.68 bits per heavy atom. The van der Waals surface area contributed by atoms with Crippen molar-refractivity contribution in [1.29, 1.82) is 0 Å². The molecule has 5 rings (SSSR count). The van der Waals surface area contributed by atoms with Gasteiger partial charge in [-0.15, -0.1) is 0 Å². The molecule has 2 fully saturated rings. The molecule has 2 N–H and O–H groups in total. The molecule has 2 heterocycles.